The standard InChI is InChI=1S/C13H21N5O2/c1-3-5-13(6-7-13)9-16-11-10(18(19)20)8-15-12(17-11)14-4-2/h8H,3-7,9H2,1-2H3,(H2,14,15,16,17). The predicted molar refractivity (Wildman–Crippen MR) is 77.9 cm³/mol. The van der Waals surface area contributed by atoms with E-state index < -0.39 is 4.92 Å². The molecule has 0 atom stereocenters. The summed E-state index contributed by atoms with van der Waals surface area (Å²) in [5, 5.41) is 17.1. The van der Waals surface area contributed by atoms with Gasteiger partial charge >= 0.3 is 5.69 Å². The molecule has 7 nitrogen and oxygen atoms in total. The average molecular weight is 279 g/mol. The highest BCUT2D eigenvalue weighted by atomic mass is 16.6. The van der Waals surface area contributed by atoms with E-state index >= 15 is 0 Å². The molecule has 1 aromatic heterocycles. The molecule has 110 valence electrons. The van der Waals surface area contributed by atoms with E-state index in [1.807, 2.05) is 6.92 Å². The van der Waals surface area contributed by atoms with Gasteiger partial charge in [-0.3, -0.25) is 10.1 Å². The van der Waals surface area contributed by atoms with Gasteiger partial charge in [-0.2, -0.15) is 4.98 Å². The fourth-order valence-electron chi connectivity index (χ4n) is 2.38. The fourth-order valence-corrected chi connectivity index (χ4v) is 2.38. The quantitative estimate of drug-likeness (QED) is 0.561. The van der Waals surface area contributed by atoms with Crippen LogP contribution >= 0.6 is 0 Å². The number of rotatable bonds is 8. The molecule has 1 aliphatic carbocycles. The Morgan fingerprint density at radius 3 is 2.70 bits per heavy atom. The van der Waals surface area contributed by atoms with Crippen LogP contribution in [0.2, 0.25) is 0 Å². The molecule has 7 heteroatoms. The van der Waals surface area contributed by atoms with Gasteiger partial charge in [-0.25, -0.2) is 4.98 Å². The van der Waals surface area contributed by atoms with Gasteiger partial charge in [0.1, 0.15) is 6.20 Å². The lowest BCUT2D eigenvalue weighted by Crippen LogP contribution is -2.17. The highest BCUT2D eigenvalue weighted by molar-refractivity contribution is 5.57. The SMILES string of the molecule is CCCC1(CNc2nc(NCC)ncc2[N+](=O)[O-])CC1. The van der Waals surface area contributed by atoms with Crippen molar-refractivity contribution in [1.82, 2.24) is 9.97 Å². The van der Waals surface area contributed by atoms with Gasteiger partial charge in [0, 0.05) is 13.1 Å². The maximum Gasteiger partial charge on any atom is 0.329 e. The second-order valence-electron chi connectivity index (χ2n) is 5.32. The molecular formula is C13H21N5O2. The highest BCUT2D eigenvalue weighted by Gasteiger charge is 2.41. The van der Waals surface area contributed by atoms with Crippen molar-refractivity contribution in [2.24, 2.45) is 5.41 Å². The summed E-state index contributed by atoms with van der Waals surface area (Å²) in [7, 11) is 0. The van der Waals surface area contributed by atoms with Crippen molar-refractivity contribution in [3.05, 3.63) is 16.3 Å². The Morgan fingerprint density at radius 1 is 1.40 bits per heavy atom. The molecule has 0 aromatic carbocycles. The van der Waals surface area contributed by atoms with Crippen molar-refractivity contribution < 1.29 is 4.92 Å². The van der Waals surface area contributed by atoms with Crippen LogP contribution in [0, 0.1) is 15.5 Å². The number of hydrogen-bond donors (Lipinski definition) is 2. The van der Waals surface area contributed by atoms with Crippen LogP contribution < -0.4 is 10.6 Å². The van der Waals surface area contributed by atoms with E-state index in [2.05, 4.69) is 27.5 Å². The van der Waals surface area contributed by atoms with Gasteiger partial charge in [0.05, 0.1) is 4.92 Å². The Balaban J connectivity index is 2.11. The number of hydrogen-bond acceptors (Lipinski definition) is 6. The molecule has 1 aromatic rings. The van der Waals surface area contributed by atoms with Crippen LogP contribution in [0.1, 0.15) is 39.5 Å². The van der Waals surface area contributed by atoms with Crippen LogP contribution in [0.4, 0.5) is 17.5 Å². The Kier molecular flexibility index (Phi) is 4.36. The third kappa shape index (κ3) is 3.34. The van der Waals surface area contributed by atoms with Crippen LogP contribution in [0.15, 0.2) is 6.20 Å². The van der Waals surface area contributed by atoms with E-state index in [1.165, 1.54) is 19.0 Å². The molecule has 0 spiro atoms. The number of nitrogens with zero attached hydrogens (tertiary/aromatic N) is 3. The van der Waals surface area contributed by atoms with Crippen molar-refractivity contribution >= 4 is 17.5 Å². The van der Waals surface area contributed by atoms with Crippen molar-refractivity contribution in [2.45, 2.75) is 39.5 Å². The predicted octanol–water partition coefficient (Wildman–Crippen LogP) is 2.81. The van der Waals surface area contributed by atoms with Gasteiger partial charge in [-0.05, 0) is 31.6 Å². The number of nitrogens with one attached hydrogen (secondary N) is 2. The maximum absolute atomic E-state index is 11.0. The summed E-state index contributed by atoms with van der Waals surface area (Å²) >= 11 is 0. The second kappa shape index (κ2) is 6.02. The normalized spacial score (nSPS) is 15.7. The molecule has 20 heavy (non-hydrogen) atoms. The van der Waals surface area contributed by atoms with Crippen molar-refractivity contribution in [1.29, 1.82) is 0 Å². The maximum atomic E-state index is 11.0. The highest BCUT2D eigenvalue weighted by Crippen LogP contribution is 2.49. The van der Waals surface area contributed by atoms with Crippen molar-refractivity contribution in [3.8, 4) is 0 Å². The minimum atomic E-state index is -0.447. The Bertz CT molecular complexity index is 488. The van der Waals surface area contributed by atoms with Gasteiger partial charge in [0.2, 0.25) is 11.8 Å². The lowest BCUT2D eigenvalue weighted by molar-refractivity contribution is -0.384. The minimum absolute atomic E-state index is 0.0704. The first-order valence-electron chi connectivity index (χ1n) is 7.09. The molecule has 0 saturated heterocycles. The summed E-state index contributed by atoms with van der Waals surface area (Å²) in [6, 6.07) is 0. The molecular weight excluding hydrogens is 258 g/mol. The summed E-state index contributed by atoms with van der Waals surface area (Å²) in [5.74, 6) is 0.726. The van der Waals surface area contributed by atoms with Gasteiger partial charge in [-0.1, -0.05) is 13.3 Å². The Labute approximate surface area is 118 Å². The summed E-state index contributed by atoms with van der Waals surface area (Å²) in [4.78, 5) is 18.7. The van der Waals surface area contributed by atoms with Crippen LogP contribution in [-0.2, 0) is 0 Å². The Hall–Kier alpha value is -1.92. The van der Waals surface area contributed by atoms with E-state index in [9.17, 15) is 10.1 Å². The molecule has 1 saturated carbocycles. The van der Waals surface area contributed by atoms with E-state index in [4.69, 9.17) is 0 Å². The topological polar surface area (TPSA) is 93.0 Å². The number of anilines is 2. The van der Waals surface area contributed by atoms with Crippen LogP contribution in [-0.4, -0.2) is 28.0 Å². The first-order valence-corrected chi connectivity index (χ1v) is 7.09. The molecule has 0 aliphatic heterocycles. The third-order valence-corrected chi connectivity index (χ3v) is 3.67. The fraction of sp³-hybridized carbons (Fsp3) is 0.692. The molecule has 0 unspecified atom stereocenters. The summed E-state index contributed by atoms with van der Waals surface area (Å²) in [6.45, 7) is 5.51. The molecule has 1 fully saturated rings. The molecule has 2 N–H and O–H groups in total. The minimum Gasteiger partial charge on any atom is -0.364 e. The van der Waals surface area contributed by atoms with E-state index in [0.29, 0.717) is 23.7 Å². The smallest absolute Gasteiger partial charge is 0.329 e. The van der Waals surface area contributed by atoms with Crippen LogP contribution in [0.5, 0.6) is 0 Å². The largest absolute Gasteiger partial charge is 0.364 e. The van der Waals surface area contributed by atoms with Gasteiger partial charge in [0.15, 0.2) is 0 Å². The molecule has 0 radical (unpaired) electrons. The average Bonchev–Trinajstić information content (AvgIpc) is 3.17. The number of nitro groups is 1. The Morgan fingerprint density at radius 2 is 2.15 bits per heavy atom. The van der Waals surface area contributed by atoms with Gasteiger partial charge in [0.25, 0.3) is 0 Å². The molecule has 0 bridgehead atoms. The zero-order valence-electron chi connectivity index (χ0n) is 12.0. The lowest BCUT2D eigenvalue weighted by Gasteiger charge is -2.15. The first-order chi connectivity index (χ1) is 9.60. The van der Waals surface area contributed by atoms with Crippen LogP contribution in [0.25, 0.3) is 0 Å². The molecule has 2 rings (SSSR count). The zero-order valence-corrected chi connectivity index (χ0v) is 12.0. The molecule has 1 aliphatic rings. The van der Waals surface area contributed by atoms with Crippen LogP contribution in [0.3, 0.4) is 0 Å². The summed E-state index contributed by atoms with van der Waals surface area (Å²) in [6.07, 6.45) is 5.92. The van der Waals surface area contributed by atoms with Crippen molar-refractivity contribution in [3.63, 3.8) is 0 Å². The first kappa shape index (κ1) is 14.5. The zero-order chi connectivity index (χ0) is 14.6. The van der Waals surface area contributed by atoms with E-state index in [0.717, 1.165) is 19.4 Å². The lowest BCUT2D eigenvalue weighted by atomic mass is 10.0. The number of aromatic nitrogens is 2. The summed E-state index contributed by atoms with van der Waals surface area (Å²) in [5.41, 5.74) is 0.241. The van der Waals surface area contributed by atoms with E-state index in [-0.39, 0.29) is 5.69 Å². The van der Waals surface area contributed by atoms with Gasteiger partial charge in [-0.15, -0.1) is 0 Å². The second-order valence-corrected chi connectivity index (χ2v) is 5.32. The summed E-state index contributed by atoms with van der Waals surface area (Å²) < 4.78 is 0. The van der Waals surface area contributed by atoms with Gasteiger partial charge < -0.3 is 10.6 Å². The molecule has 0 amide bonds. The van der Waals surface area contributed by atoms with E-state index in [1.54, 1.807) is 0 Å². The molecule has 1 heterocycles. The third-order valence-electron chi connectivity index (χ3n) is 3.67. The monoisotopic (exact) mass is 279 g/mol. The van der Waals surface area contributed by atoms with Crippen molar-refractivity contribution in [2.75, 3.05) is 23.7 Å².